The minimum absolute atomic E-state index is 0.0463. The molecule has 0 bridgehead atoms. The maximum Gasteiger partial charge on any atom is 0.313 e. The number of ether oxygens (including phenoxy) is 2. The standard InChI is InChI=1S/C17H20O3/c1-3-19-15-6-4-13(5-7-15)10-17-9-12(2)8-14(17)11-20-16(17)18/h4-7,14H,2-3,8-11H2,1H3. The molecule has 2 unspecified atom stereocenters. The second kappa shape index (κ2) is 4.97. The van der Waals surface area contributed by atoms with Crippen molar-refractivity contribution in [1.82, 2.24) is 0 Å². The monoisotopic (exact) mass is 272 g/mol. The van der Waals surface area contributed by atoms with Gasteiger partial charge in [-0.05, 0) is 43.9 Å². The van der Waals surface area contributed by atoms with Crippen LogP contribution in [0.25, 0.3) is 0 Å². The Morgan fingerprint density at radius 3 is 2.85 bits per heavy atom. The molecular formula is C17H20O3. The van der Waals surface area contributed by atoms with Crippen LogP contribution in [0.5, 0.6) is 5.75 Å². The van der Waals surface area contributed by atoms with Gasteiger partial charge < -0.3 is 9.47 Å². The molecule has 2 aliphatic rings. The van der Waals surface area contributed by atoms with Gasteiger partial charge in [-0.15, -0.1) is 0 Å². The number of carbonyl (C=O) groups excluding carboxylic acids is 1. The van der Waals surface area contributed by atoms with Crippen LogP contribution in [-0.4, -0.2) is 19.2 Å². The first-order chi connectivity index (χ1) is 9.64. The zero-order chi connectivity index (χ0) is 14.2. The molecule has 0 amide bonds. The zero-order valence-electron chi connectivity index (χ0n) is 11.9. The number of esters is 1. The smallest absolute Gasteiger partial charge is 0.313 e. The van der Waals surface area contributed by atoms with Crippen LogP contribution in [0.1, 0.15) is 25.3 Å². The van der Waals surface area contributed by atoms with Crippen molar-refractivity contribution in [2.75, 3.05) is 13.2 Å². The lowest BCUT2D eigenvalue weighted by molar-refractivity contribution is -0.146. The van der Waals surface area contributed by atoms with E-state index in [0.717, 1.165) is 30.6 Å². The fourth-order valence-electron chi connectivity index (χ4n) is 3.50. The van der Waals surface area contributed by atoms with E-state index in [9.17, 15) is 4.79 Å². The molecule has 0 spiro atoms. The van der Waals surface area contributed by atoms with E-state index in [4.69, 9.17) is 9.47 Å². The lowest BCUT2D eigenvalue weighted by Crippen LogP contribution is -2.31. The van der Waals surface area contributed by atoms with Gasteiger partial charge in [-0.25, -0.2) is 0 Å². The Hall–Kier alpha value is -1.77. The van der Waals surface area contributed by atoms with Gasteiger partial charge in [-0.1, -0.05) is 24.3 Å². The second-order valence-corrected chi connectivity index (χ2v) is 5.84. The molecule has 2 fully saturated rings. The second-order valence-electron chi connectivity index (χ2n) is 5.84. The van der Waals surface area contributed by atoms with Crippen LogP contribution in [0.3, 0.4) is 0 Å². The van der Waals surface area contributed by atoms with Gasteiger partial charge in [0, 0.05) is 5.92 Å². The number of cyclic esters (lactones) is 1. The number of hydrogen-bond donors (Lipinski definition) is 0. The van der Waals surface area contributed by atoms with Crippen molar-refractivity contribution in [3.8, 4) is 5.75 Å². The van der Waals surface area contributed by atoms with Crippen molar-refractivity contribution in [1.29, 1.82) is 0 Å². The van der Waals surface area contributed by atoms with Crippen LogP contribution in [0, 0.1) is 11.3 Å². The number of hydrogen-bond acceptors (Lipinski definition) is 3. The van der Waals surface area contributed by atoms with E-state index in [1.165, 1.54) is 5.57 Å². The highest BCUT2D eigenvalue weighted by Crippen LogP contribution is 2.52. The molecule has 1 saturated carbocycles. The highest BCUT2D eigenvalue weighted by Gasteiger charge is 2.55. The molecule has 1 aliphatic heterocycles. The molecule has 2 atom stereocenters. The summed E-state index contributed by atoms with van der Waals surface area (Å²) in [7, 11) is 0. The van der Waals surface area contributed by atoms with E-state index in [-0.39, 0.29) is 11.4 Å². The van der Waals surface area contributed by atoms with Crippen LogP contribution in [0.2, 0.25) is 0 Å². The highest BCUT2D eigenvalue weighted by atomic mass is 16.5. The molecule has 0 aromatic heterocycles. The number of allylic oxidation sites excluding steroid dienone is 1. The van der Waals surface area contributed by atoms with E-state index >= 15 is 0 Å². The normalized spacial score (nSPS) is 28.4. The SMILES string of the molecule is C=C1CC2COC(=O)C2(Cc2ccc(OCC)cc2)C1. The average Bonchev–Trinajstić information content (AvgIpc) is 2.89. The van der Waals surface area contributed by atoms with Crippen molar-refractivity contribution in [2.45, 2.75) is 26.2 Å². The van der Waals surface area contributed by atoms with Crippen LogP contribution in [0.4, 0.5) is 0 Å². The van der Waals surface area contributed by atoms with Gasteiger partial charge in [0.15, 0.2) is 0 Å². The molecule has 1 aromatic carbocycles. The van der Waals surface area contributed by atoms with Gasteiger partial charge in [-0.3, -0.25) is 4.79 Å². The molecule has 1 aromatic rings. The van der Waals surface area contributed by atoms with E-state index < -0.39 is 0 Å². The predicted octanol–water partition coefficient (Wildman–Crippen LogP) is 3.14. The van der Waals surface area contributed by atoms with Crippen LogP contribution < -0.4 is 4.74 Å². The zero-order valence-corrected chi connectivity index (χ0v) is 11.9. The molecule has 1 heterocycles. The molecule has 3 rings (SSSR count). The Morgan fingerprint density at radius 2 is 2.15 bits per heavy atom. The van der Waals surface area contributed by atoms with Gasteiger partial charge >= 0.3 is 5.97 Å². The third-order valence-electron chi connectivity index (χ3n) is 4.46. The van der Waals surface area contributed by atoms with Crippen LogP contribution in [0.15, 0.2) is 36.4 Å². The fourth-order valence-corrected chi connectivity index (χ4v) is 3.50. The third kappa shape index (κ3) is 2.11. The molecule has 1 aliphatic carbocycles. The number of benzene rings is 1. The lowest BCUT2D eigenvalue weighted by atomic mass is 9.75. The number of carbonyl (C=O) groups is 1. The first-order valence-corrected chi connectivity index (χ1v) is 7.19. The lowest BCUT2D eigenvalue weighted by Gasteiger charge is -2.24. The fraction of sp³-hybridized carbons (Fsp3) is 0.471. The topological polar surface area (TPSA) is 35.5 Å². The summed E-state index contributed by atoms with van der Waals surface area (Å²) in [5.74, 6) is 1.12. The first-order valence-electron chi connectivity index (χ1n) is 7.19. The predicted molar refractivity (Wildman–Crippen MR) is 76.6 cm³/mol. The summed E-state index contributed by atoms with van der Waals surface area (Å²) in [5, 5.41) is 0. The van der Waals surface area contributed by atoms with Crippen LogP contribution >= 0.6 is 0 Å². The maximum absolute atomic E-state index is 12.2. The molecular weight excluding hydrogens is 252 g/mol. The van der Waals surface area contributed by atoms with E-state index in [1.54, 1.807) is 0 Å². The van der Waals surface area contributed by atoms with Gasteiger partial charge in [0.2, 0.25) is 0 Å². The maximum atomic E-state index is 12.2. The Kier molecular flexibility index (Phi) is 3.28. The summed E-state index contributed by atoms with van der Waals surface area (Å²) >= 11 is 0. The molecule has 106 valence electrons. The summed E-state index contributed by atoms with van der Waals surface area (Å²) in [6.45, 7) is 7.25. The van der Waals surface area contributed by atoms with Crippen molar-refractivity contribution < 1.29 is 14.3 Å². The minimum Gasteiger partial charge on any atom is -0.494 e. The number of rotatable bonds is 4. The molecule has 1 saturated heterocycles. The van der Waals surface area contributed by atoms with Crippen molar-refractivity contribution >= 4 is 5.97 Å². The van der Waals surface area contributed by atoms with Gasteiger partial charge in [0.25, 0.3) is 0 Å². The molecule has 0 N–H and O–H groups in total. The Morgan fingerprint density at radius 1 is 1.40 bits per heavy atom. The Balaban J connectivity index is 1.81. The molecule has 3 heteroatoms. The van der Waals surface area contributed by atoms with Crippen molar-refractivity contribution in [2.24, 2.45) is 11.3 Å². The molecule has 3 nitrogen and oxygen atoms in total. The summed E-state index contributed by atoms with van der Waals surface area (Å²) < 4.78 is 10.7. The highest BCUT2D eigenvalue weighted by molar-refractivity contribution is 5.81. The largest absolute Gasteiger partial charge is 0.494 e. The van der Waals surface area contributed by atoms with Crippen LogP contribution in [-0.2, 0) is 16.0 Å². The minimum atomic E-state index is -0.371. The van der Waals surface area contributed by atoms with Crippen molar-refractivity contribution in [3.63, 3.8) is 0 Å². The van der Waals surface area contributed by atoms with E-state index in [1.807, 2.05) is 31.2 Å². The first kappa shape index (κ1) is 13.2. The average molecular weight is 272 g/mol. The summed E-state index contributed by atoms with van der Waals surface area (Å²) in [6, 6.07) is 8.02. The van der Waals surface area contributed by atoms with Gasteiger partial charge in [0.1, 0.15) is 5.75 Å². The van der Waals surface area contributed by atoms with Gasteiger partial charge in [0.05, 0.1) is 18.6 Å². The number of fused-ring (bicyclic) bond motifs is 1. The quantitative estimate of drug-likeness (QED) is 0.624. The Bertz CT molecular complexity index is 532. The van der Waals surface area contributed by atoms with E-state index in [0.29, 0.717) is 19.1 Å². The summed E-state index contributed by atoms with van der Waals surface area (Å²) in [5.41, 5.74) is 1.97. The molecule has 20 heavy (non-hydrogen) atoms. The Labute approximate surface area is 119 Å². The summed E-state index contributed by atoms with van der Waals surface area (Å²) in [4.78, 5) is 12.2. The van der Waals surface area contributed by atoms with Crippen molar-refractivity contribution in [3.05, 3.63) is 42.0 Å². The van der Waals surface area contributed by atoms with Gasteiger partial charge in [-0.2, -0.15) is 0 Å². The molecule has 0 radical (unpaired) electrons. The summed E-state index contributed by atoms with van der Waals surface area (Å²) in [6.07, 6.45) is 2.43. The van der Waals surface area contributed by atoms with E-state index in [2.05, 4.69) is 6.58 Å². The third-order valence-corrected chi connectivity index (χ3v) is 4.46.